The van der Waals surface area contributed by atoms with Gasteiger partial charge in [-0.25, -0.2) is 0 Å². The molecule has 6 heteroatoms. The van der Waals surface area contributed by atoms with Crippen LogP contribution in [0.4, 0.5) is 0 Å². The minimum atomic E-state index is -0.252. The van der Waals surface area contributed by atoms with Gasteiger partial charge in [0.25, 0.3) is 0 Å². The van der Waals surface area contributed by atoms with Gasteiger partial charge in [0.15, 0.2) is 11.5 Å². The highest BCUT2D eigenvalue weighted by molar-refractivity contribution is 9.10. The minimum Gasteiger partial charge on any atom is -0.496 e. The van der Waals surface area contributed by atoms with Crippen LogP contribution >= 0.6 is 27.3 Å². The lowest BCUT2D eigenvalue weighted by molar-refractivity contribution is 0.354. The molecule has 0 aliphatic heterocycles. The lowest BCUT2D eigenvalue weighted by Gasteiger charge is -2.16. The normalized spacial score (nSPS) is 12.1. The molecule has 2 aromatic rings. The van der Waals surface area contributed by atoms with E-state index in [4.69, 9.17) is 19.9 Å². The Morgan fingerprint density at radius 2 is 1.70 bits per heavy atom. The van der Waals surface area contributed by atoms with Crippen molar-refractivity contribution in [2.45, 2.75) is 6.04 Å². The van der Waals surface area contributed by atoms with Crippen LogP contribution in [0, 0.1) is 0 Å². The summed E-state index contributed by atoms with van der Waals surface area (Å²) in [5, 5.41) is 1.93. The van der Waals surface area contributed by atoms with Crippen molar-refractivity contribution < 1.29 is 14.2 Å². The Morgan fingerprint density at radius 3 is 2.25 bits per heavy atom. The number of nitrogens with two attached hydrogens (primary N) is 1. The highest BCUT2D eigenvalue weighted by Crippen LogP contribution is 2.39. The maximum atomic E-state index is 6.33. The Labute approximate surface area is 130 Å². The van der Waals surface area contributed by atoms with Crippen molar-refractivity contribution in [3.05, 3.63) is 38.5 Å². The molecular weight excluding hydrogens is 342 g/mol. The average Bonchev–Trinajstić information content (AvgIpc) is 2.95. The SMILES string of the molecule is COc1csc(C(N)c2cc(OC)c(OC)cc2Br)c1. The predicted molar refractivity (Wildman–Crippen MR) is 84.1 cm³/mol. The molecule has 108 valence electrons. The lowest BCUT2D eigenvalue weighted by Crippen LogP contribution is -2.11. The number of hydrogen-bond acceptors (Lipinski definition) is 5. The van der Waals surface area contributed by atoms with Crippen LogP contribution in [0.25, 0.3) is 0 Å². The zero-order valence-corrected chi connectivity index (χ0v) is 13.9. The van der Waals surface area contributed by atoms with E-state index in [1.165, 1.54) is 0 Å². The van der Waals surface area contributed by atoms with Crippen molar-refractivity contribution in [2.24, 2.45) is 5.73 Å². The maximum Gasteiger partial charge on any atom is 0.161 e. The third-order valence-corrected chi connectivity index (χ3v) is 4.66. The first-order valence-electron chi connectivity index (χ1n) is 5.90. The topological polar surface area (TPSA) is 53.7 Å². The van der Waals surface area contributed by atoms with Gasteiger partial charge in [-0.15, -0.1) is 11.3 Å². The van der Waals surface area contributed by atoms with Crippen LogP contribution in [0.5, 0.6) is 17.2 Å². The Hall–Kier alpha value is -1.24. The number of rotatable bonds is 5. The molecular formula is C14H16BrNO3S. The number of hydrogen-bond donors (Lipinski definition) is 1. The third-order valence-electron chi connectivity index (χ3n) is 2.98. The smallest absolute Gasteiger partial charge is 0.161 e. The minimum absolute atomic E-state index is 0.252. The van der Waals surface area contributed by atoms with E-state index in [1.54, 1.807) is 32.7 Å². The zero-order valence-electron chi connectivity index (χ0n) is 11.5. The van der Waals surface area contributed by atoms with Crippen molar-refractivity contribution in [1.82, 2.24) is 0 Å². The van der Waals surface area contributed by atoms with Gasteiger partial charge in [0, 0.05) is 14.7 Å². The van der Waals surface area contributed by atoms with Crippen LogP contribution in [0.2, 0.25) is 0 Å². The van der Waals surface area contributed by atoms with Crippen molar-refractivity contribution in [3.8, 4) is 17.2 Å². The standard InChI is InChI=1S/C14H16BrNO3S/c1-17-8-4-13(20-7-8)14(16)9-5-11(18-2)12(19-3)6-10(9)15/h4-7,14H,16H2,1-3H3. The molecule has 0 radical (unpaired) electrons. The van der Waals surface area contributed by atoms with Gasteiger partial charge in [0.2, 0.25) is 0 Å². The van der Waals surface area contributed by atoms with Crippen LogP contribution in [0.3, 0.4) is 0 Å². The molecule has 0 amide bonds. The molecule has 20 heavy (non-hydrogen) atoms. The molecule has 1 aromatic heterocycles. The summed E-state index contributed by atoms with van der Waals surface area (Å²) >= 11 is 5.10. The van der Waals surface area contributed by atoms with Crippen molar-refractivity contribution in [3.63, 3.8) is 0 Å². The molecule has 1 unspecified atom stereocenters. The summed E-state index contributed by atoms with van der Waals surface area (Å²) in [6.45, 7) is 0. The summed E-state index contributed by atoms with van der Waals surface area (Å²) < 4.78 is 16.7. The lowest BCUT2D eigenvalue weighted by atomic mass is 10.1. The quantitative estimate of drug-likeness (QED) is 0.888. The summed E-state index contributed by atoms with van der Waals surface area (Å²) in [4.78, 5) is 1.02. The number of benzene rings is 1. The van der Waals surface area contributed by atoms with Crippen molar-refractivity contribution >= 4 is 27.3 Å². The van der Waals surface area contributed by atoms with Gasteiger partial charge < -0.3 is 19.9 Å². The molecule has 2 rings (SSSR count). The molecule has 0 aliphatic rings. The highest BCUT2D eigenvalue weighted by atomic mass is 79.9. The van der Waals surface area contributed by atoms with E-state index in [2.05, 4.69) is 15.9 Å². The van der Waals surface area contributed by atoms with Gasteiger partial charge in [-0.3, -0.25) is 0 Å². The molecule has 0 spiro atoms. The summed E-state index contributed by atoms with van der Waals surface area (Å²) in [6.07, 6.45) is 0. The van der Waals surface area contributed by atoms with Gasteiger partial charge in [-0.2, -0.15) is 0 Å². The average molecular weight is 358 g/mol. The fourth-order valence-electron chi connectivity index (χ4n) is 1.87. The maximum absolute atomic E-state index is 6.33. The van der Waals surface area contributed by atoms with Crippen molar-refractivity contribution in [2.75, 3.05) is 21.3 Å². The molecule has 1 atom stereocenters. The van der Waals surface area contributed by atoms with E-state index in [0.29, 0.717) is 11.5 Å². The first-order valence-corrected chi connectivity index (χ1v) is 7.57. The summed E-state index contributed by atoms with van der Waals surface area (Å²) in [6, 6.07) is 5.44. The number of thiophene rings is 1. The van der Waals surface area contributed by atoms with Gasteiger partial charge in [-0.05, 0) is 23.8 Å². The number of halogens is 1. The highest BCUT2D eigenvalue weighted by Gasteiger charge is 2.18. The van der Waals surface area contributed by atoms with E-state index < -0.39 is 0 Å². The molecule has 1 heterocycles. The van der Waals surface area contributed by atoms with Gasteiger partial charge in [0.05, 0.1) is 27.4 Å². The summed E-state index contributed by atoms with van der Waals surface area (Å²) in [5.74, 6) is 2.14. The Morgan fingerprint density at radius 1 is 1.05 bits per heavy atom. The molecule has 2 N–H and O–H groups in total. The predicted octanol–water partition coefficient (Wildman–Crippen LogP) is 3.58. The second-order valence-corrected chi connectivity index (χ2v) is 5.89. The molecule has 0 bridgehead atoms. The van der Waals surface area contributed by atoms with E-state index in [9.17, 15) is 0 Å². The second kappa shape index (κ2) is 6.47. The molecule has 1 aromatic carbocycles. The van der Waals surface area contributed by atoms with E-state index in [1.807, 2.05) is 23.6 Å². The van der Waals surface area contributed by atoms with E-state index >= 15 is 0 Å². The van der Waals surface area contributed by atoms with Gasteiger partial charge in [-0.1, -0.05) is 15.9 Å². The largest absolute Gasteiger partial charge is 0.496 e. The van der Waals surface area contributed by atoms with Gasteiger partial charge >= 0.3 is 0 Å². The fraction of sp³-hybridized carbons (Fsp3) is 0.286. The Balaban J connectivity index is 2.40. The molecule has 0 fully saturated rings. The molecule has 4 nitrogen and oxygen atoms in total. The third kappa shape index (κ3) is 2.92. The second-order valence-electron chi connectivity index (χ2n) is 4.10. The first-order chi connectivity index (χ1) is 9.60. The summed E-state index contributed by atoms with van der Waals surface area (Å²) in [5.41, 5.74) is 7.27. The van der Waals surface area contributed by atoms with Crippen LogP contribution in [-0.4, -0.2) is 21.3 Å². The number of methoxy groups -OCH3 is 3. The van der Waals surface area contributed by atoms with E-state index in [-0.39, 0.29) is 6.04 Å². The molecule has 0 saturated carbocycles. The Kier molecular flexibility index (Phi) is 4.91. The molecule has 0 aliphatic carbocycles. The van der Waals surface area contributed by atoms with Crippen molar-refractivity contribution in [1.29, 1.82) is 0 Å². The fourth-order valence-corrected chi connectivity index (χ4v) is 3.31. The summed E-state index contributed by atoms with van der Waals surface area (Å²) in [7, 11) is 4.85. The van der Waals surface area contributed by atoms with Crippen LogP contribution < -0.4 is 19.9 Å². The van der Waals surface area contributed by atoms with Crippen LogP contribution in [0.1, 0.15) is 16.5 Å². The first kappa shape index (κ1) is 15.2. The van der Waals surface area contributed by atoms with Gasteiger partial charge in [0.1, 0.15) is 5.75 Å². The Bertz CT molecular complexity index is 600. The molecule has 0 saturated heterocycles. The number of ether oxygens (including phenoxy) is 3. The van der Waals surface area contributed by atoms with Crippen LogP contribution in [-0.2, 0) is 0 Å². The van der Waals surface area contributed by atoms with E-state index in [0.717, 1.165) is 20.7 Å². The monoisotopic (exact) mass is 357 g/mol. The van der Waals surface area contributed by atoms with Crippen LogP contribution in [0.15, 0.2) is 28.1 Å². The zero-order chi connectivity index (χ0) is 14.7.